The number of halogens is 1. The van der Waals surface area contributed by atoms with E-state index in [1.165, 1.54) is 6.42 Å². The number of hydrogen-bond donors (Lipinski definition) is 1. The first-order valence-corrected chi connectivity index (χ1v) is 11.5. The zero-order valence-electron chi connectivity index (χ0n) is 17.5. The second-order valence-electron chi connectivity index (χ2n) is 7.93. The summed E-state index contributed by atoms with van der Waals surface area (Å²) < 4.78 is 6.42. The van der Waals surface area contributed by atoms with E-state index < -0.39 is 5.97 Å². The normalized spacial score (nSPS) is 13.7. The molecular weight excluding hydrogens is 456 g/mol. The minimum atomic E-state index is -0.460. The van der Waals surface area contributed by atoms with Gasteiger partial charge in [-0.25, -0.2) is 4.79 Å². The second-order valence-corrected chi connectivity index (χ2v) is 8.84. The summed E-state index contributed by atoms with van der Waals surface area (Å²) >= 11 is 3.41. The fourth-order valence-corrected chi connectivity index (χ4v) is 4.59. The summed E-state index contributed by atoms with van der Waals surface area (Å²) in [5, 5.41) is 3.60. The van der Waals surface area contributed by atoms with Gasteiger partial charge in [0.1, 0.15) is 0 Å². The zero-order valence-corrected chi connectivity index (χ0v) is 19.1. The molecule has 0 unspecified atom stereocenters. The van der Waals surface area contributed by atoms with Gasteiger partial charge in [-0.2, -0.15) is 0 Å². The Balaban J connectivity index is 1.57. The van der Waals surface area contributed by atoms with E-state index >= 15 is 0 Å². The summed E-state index contributed by atoms with van der Waals surface area (Å²) in [6, 6.07) is 13.3. The van der Waals surface area contributed by atoms with Gasteiger partial charge in [0.05, 0.1) is 11.1 Å². The van der Waals surface area contributed by atoms with Crippen molar-refractivity contribution in [2.24, 2.45) is 0 Å². The maximum atomic E-state index is 13.2. The minimum absolute atomic E-state index is 0.334. The lowest BCUT2D eigenvalue weighted by Gasteiger charge is -2.18. The predicted octanol–water partition coefficient (Wildman–Crippen LogP) is 5.76. The maximum Gasteiger partial charge on any atom is 0.339 e. The lowest BCUT2D eigenvalue weighted by Crippen LogP contribution is -2.22. The Kier molecular flexibility index (Phi) is 6.66. The standard InChI is InChI=1S/C25H25BrN2O3/c1-16-14-17(26)12-13-20(16)28-23(29)15-31-25(30)24-18-8-4-2-3-5-10-21(18)27-22-11-7-6-9-19(22)24/h6-7,9,11-14H,2-5,8,10,15H2,1H3,(H,28,29). The molecule has 6 heteroatoms. The number of para-hydroxylation sites is 1. The SMILES string of the molecule is Cc1cc(Br)ccc1NC(=O)COC(=O)c1c2c(nc3ccccc13)CCCCCC2. The Hall–Kier alpha value is -2.73. The Morgan fingerprint density at radius 3 is 2.65 bits per heavy atom. The minimum Gasteiger partial charge on any atom is -0.452 e. The first-order chi connectivity index (χ1) is 15.0. The molecule has 1 N–H and O–H groups in total. The third-order valence-corrected chi connectivity index (χ3v) is 6.16. The van der Waals surface area contributed by atoms with Crippen molar-refractivity contribution >= 4 is 44.4 Å². The number of carbonyl (C=O) groups excluding carboxylic acids is 2. The van der Waals surface area contributed by atoms with Gasteiger partial charge >= 0.3 is 5.97 Å². The van der Waals surface area contributed by atoms with Crippen LogP contribution in [0.25, 0.3) is 10.9 Å². The highest BCUT2D eigenvalue weighted by Gasteiger charge is 2.23. The average Bonchev–Trinajstić information content (AvgIpc) is 2.74. The van der Waals surface area contributed by atoms with Gasteiger partial charge in [-0.3, -0.25) is 9.78 Å². The van der Waals surface area contributed by atoms with E-state index in [4.69, 9.17) is 9.72 Å². The van der Waals surface area contributed by atoms with Crippen LogP contribution in [-0.2, 0) is 22.4 Å². The van der Waals surface area contributed by atoms with Crippen LogP contribution in [0.1, 0.15) is 52.9 Å². The molecule has 5 nitrogen and oxygen atoms in total. The molecule has 0 bridgehead atoms. The van der Waals surface area contributed by atoms with Crippen molar-refractivity contribution in [3.05, 3.63) is 69.3 Å². The van der Waals surface area contributed by atoms with Gasteiger partial charge in [0.15, 0.2) is 6.61 Å². The Morgan fingerprint density at radius 2 is 1.84 bits per heavy atom. The molecule has 31 heavy (non-hydrogen) atoms. The topological polar surface area (TPSA) is 68.3 Å². The molecule has 0 radical (unpaired) electrons. The summed E-state index contributed by atoms with van der Waals surface area (Å²) in [6.07, 6.45) is 6.10. The number of benzene rings is 2. The number of nitrogens with one attached hydrogen (secondary N) is 1. The number of ether oxygens (including phenoxy) is 1. The molecule has 1 aliphatic carbocycles. The molecular formula is C25H25BrN2O3. The fourth-order valence-electron chi connectivity index (χ4n) is 4.12. The van der Waals surface area contributed by atoms with Crippen LogP contribution in [0.4, 0.5) is 5.69 Å². The first kappa shape index (κ1) is 21.5. The lowest BCUT2D eigenvalue weighted by molar-refractivity contribution is -0.119. The van der Waals surface area contributed by atoms with Crippen LogP contribution in [-0.4, -0.2) is 23.5 Å². The molecule has 3 aromatic rings. The molecule has 4 rings (SSSR count). The van der Waals surface area contributed by atoms with Crippen molar-refractivity contribution in [2.45, 2.75) is 45.4 Å². The number of aryl methyl sites for hydroxylation is 2. The van der Waals surface area contributed by atoms with Crippen LogP contribution in [0.2, 0.25) is 0 Å². The number of carbonyl (C=O) groups is 2. The first-order valence-electron chi connectivity index (χ1n) is 10.7. The number of nitrogens with zero attached hydrogens (tertiary/aromatic N) is 1. The van der Waals surface area contributed by atoms with Gasteiger partial charge in [-0.15, -0.1) is 0 Å². The molecule has 0 saturated carbocycles. The quantitative estimate of drug-likeness (QED) is 0.481. The van der Waals surface area contributed by atoms with E-state index in [0.29, 0.717) is 11.3 Å². The maximum absolute atomic E-state index is 13.2. The number of pyridine rings is 1. The number of hydrogen-bond acceptors (Lipinski definition) is 4. The van der Waals surface area contributed by atoms with Crippen LogP contribution in [0.3, 0.4) is 0 Å². The van der Waals surface area contributed by atoms with Gasteiger partial charge in [0.2, 0.25) is 0 Å². The molecule has 160 valence electrons. The Morgan fingerprint density at radius 1 is 1.06 bits per heavy atom. The third-order valence-electron chi connectivity index (χ3n) is 5.67. The van der Waals surface area contributed by atoms with E-state index in [-0.39, 0.29) is 12.5 Å². The summed E-state index contributed by atoms with van der Waals surface area (Å²) in [5.41, 5.74) is 4.95. The van der Waals surface area contributed by atoms with Gasteiger partial charge < -0.3 is 10.1 Å². The largest absolute Gasteiger partial charge is 0.452 e. The Labute approximate surface area is 190 Å². The molecule has 0 spiro atoms. The van der Waals surface area contributed by atoms with Crippen molar-refractivity contribution in [1.82, 2.24) is 4.98 Å². The molecule has 0 fully saturated rings. The highest BCUT2D eigenvalue weighted by atomic mass is 79.9. The second kappa shape index (κ2) is 9.60. The summed E-state index contributed by atoms with van der Waals surface area (Å²) in [5.74, 6) is -0.821. The zero-order chi connectivity index (χ0) is 21.8. The highest BCUT2D eigenvalue weighted by molar-refractivity contribution is 9.10. The lowest BCUT2D eigenvalue weighted by atomic mass is 9.91. The van der Waals surface area contributed by atoms with Crippen LogP contribution in [0.5, 0.6) is 0 Å². The van der Waals surface area contributed by atoms with Gasteiger partial charge in [0.25, 0.3) is 5.91 Å². The van der Waals surface area contributed by atoms with Crippen LogP contribution >= 0.6 is 15.9 Å². The number of anilines is 1. The van der Waals surface area contributed by atoms with E-state index in [1.54, 1.807) is 0 Å². The summed E-state index contributed by atoms with van der Waals surface area (Å²) in [6.45, 7) is 1.58. The smallest absolute Gasteiger partial charge is 0.339 e. The highest BCUT2D eigenvalue weighted by Crippen LogP contribution is 2.29. The Bertz CT molecular complexity index is 1140. The molecule has 0 atom stereocenters. The molecule has 2 aromatic carbocycles. The van der Waals surface area contributed by atoms with Crippen molar-refractivity contribution in [1.29, 1.82) is 0 Å². The van der Waals surface area contributed by atoms with Crippen molar-refractivity contribution in [2.75, 3.05) is 11.9 Å². The van der Waals surface area contributed by atoms with Crippen LogP contribution < -0.4 is 5.32 Å². The number of esters is 1. The van der Waals surface area contributed by atoms with Crippen molar-refractivity contribution in [3.63, 3.8) is 0 Å². The van der Waals surface area contributed by atoms with Gasteiger partial charge in [-0.05, 0) is 68.0 Å². The van der Waals surface area contributed by atoms with Crippen molar-refractivity contribution in [3.8, 4) is 0 Å². The molecule has 1 aromatic heterocycles. The monoisotopic (exact) mass is 480 g/mol. The third kappa shape index (κ3) is 4.96. The number of aromatic nitrogens is 1. The predicted molar refractivity (Wildman–Crippen MR) is 125 cm³/mol. The molecule has 0 saturated heterocycles. The van der Waals surface area contributed by atoms with Crippen LogP contribution in [0, 0.1) is 6.92 Å². The fraction of sp³-hybridized carbons (Fsp3) is 0.320. The van der Waals surface area contributed by atoms with E-state index in [1.807, 2.05) is 49.4 Å². The molecule has 1 amide bonds. The summed E-state index contributed by atoms with van der Waals surface area (Å²) in [4.78, 5) is 30.4. The summed E-state index contributed by atoms with van der Waals surface area (Å²) in [7, 11) is 0. The molecule has 1 aliphatic rings. The molecule has 1 heterocycles. The van der Waals surface area contributed by atoms with E-state index in [2.05, 4.69) is 21.2 Å². The average molecular weight is 481 g/mol. The number of amides is 1. The number of rotatable bonds is 4. The van der Waals surface area contributed by atoms with Crippen LogP contribution in [0.15, 0.2) is 46.9 Å². The van der Waals surface area contributed by atoms with Crippen molar-refractivity contribution < 1.29 is 14.3 Å². The molecule has 0 aliphatic heterocycles. The van der Waals surface area contributed by atoms with E-state index in [9.17, 15) is 9.59 Å². The van der Waals surface area contributed by atoms with Gasteiger partial charge in [0, 0.05) is 21.2 Å². The number of fused-ring (bicyclic) bond motifs is 2. The van der Waals surface area contributed by atoms with E-state index in [0.717, 1.165) is 64.3 Å². The van der Waals surface area contributed by atoms with Gasteiger partial charge in [-0.1, -0.05) is 47.0 Å².